The van der Waals surface area contributed by atoms with Crippen molar-refractivity contribution in [3.63, 3.8) is 0 Å². The largest absolute Gasteiger partial charge is 0.383 e. The zero-order valence-electron chi connectivity index (χ0n) is 20.4. The van der Waals surface area contributed by atoms with Gasteiger partial charge in [0.2, 0.25) is 0 Å². The van der Waals surface area contributed by atoms with Gasteiger partial charge in [-0.15, -0.1) is 0 Å². The number of piperidine rings is 1. The normalized spacial score (nSPS) is 21.8. The quantitative estimate of drug-likeness (QED) is 0.673. The minimum absolute atomic E-state index is 0.0604. The van der Waals surface area contributed by atoms with Crippen LogP contribution in [-0.2, 0) is 4.74 Å². The molecule has 1 aromatic carbocycles. The van der Waals surface area contributed by atoms with Crippen LogP contribution in [0.2, 0.25) is 0 Å². The summed E-state index contributed by atoms with van der Waals surface area (Å²) in [7, 11) is 1.79. The van der Waals surface area contributed by atoms with Crippen LogP contribution in [0.4, 0.5) is 0 Å². The number of piperazine rings is 1. The zero-order chi connectivity index (χ0) is 23.4. The molecule has 2 aliphatic rings. The third-order valence-electron chi connectivity index (χ3n) is 7.31. The van der Waals surface area contributed by atoms with E-state index < -0.39 is 0 Å². The smallest absolute Gasteiger partial charge is 0.257 e. The monoisotopic (exact) mass is 451 g/mol. The van der Waals surface area contributed by atoms with Crippen LogP contribution in [-0.4, -0.2) is 89.1 Å². The Balaban J connectivity index is 1.34. The summed E-state index contributed by atoms with van der Waals surface area (Å²) >= 11 is 0. The van der Waals surface area contributed by atoms with Crippen LogP contribution >= 0.6 is 0 Å². The van der Waals surface area contributed by atoms with E-state index in [9.17, 15) is 4.79 Å². The predicted molar refractivity (Wildman–Crippen MR) is 129 cm³/mol. The molecule has 3 heterocycles. The molecule has 7 heteroatoms. The lowest BCUT2D eigenvalue weighted by Gasteiger charge is -2.48. The van der Waals surface area contributed by atoms with Gasteiger partial charge in [-0.3, -0.25) is 14.6 Å². The Bertz CT molecular complexity index is 927. The standard InChI is InChI=1S/C26H37N5O2/c1-19-5-7-22(8-6-19)25(17-33-4)31-14-13-30(16-20(31)2)23-9-11-29(12-10-23)26(32)24-15-27-18-28-21(24)3/h5-8,15,18,20,23,25H,9-14,16-17H2,1-4H3/t20-,25+/m0/s1. The van der Waals surface area contributed by atoms with Crippen LogP contribution in [0.5, 0.6) is 0 Å². The molecule has 0 N–H and O–H groups in total. The number of carbonyl (C=O) groups excluding carboxylic acids is 1. The van der Waals surface area contributed by atoms with Crippen molar-refractivity contribution in [3.8, 4) is 0 Å². The number of aryl methyl sites for hydroxylation is 2. The maximum absolute atomic E-state index is 12.9. The molecule has 0 radical (unpaired) electrons. The Morgan fingerprint density at radius 1 is 1.12 bits per heavy atom. The third kappa shape index (κ3) is 5.42. The average molecular weight is 452 g/mol. The molecule has 33 heavy (non-hydrogen) atoms. The zero-order valence-corrected chi connectivity index (χ0v) is 20.4. The average Bonchev–Trinajstić information content (AvgIpc) is 2.83. The van der Waals surface area contributed by atoms with E-state index in [1.54, 1.807) is 13.3 Å². The number of hydrogen-bond donors (Lipinski definition) is 0. The molecule has 0 unspecified atom stereocenters. The van der Waals surface area contributed by atoms with Gasteiger partial charge >= 0.3 is 0 Å². The number of rotatable bonds is 6. The van der Waals surface area contributed by atoms with Gasteiger partial charge in [-0.1, -0.05) is 29.8 Å². The summed E-state index contributed by atoms with van der Waals surface area (Å²) in [4.78, 5) is 28.3. The molecular weight excluding hydrogens is 414 g/mol. The van der Waals surface area contributed by atoms with Crippen molar-refractivity contribution in [2.75, 3.05) is 46.4 Å². The van der Waals surface area contributed by atoms with E-state index in [-0.39, 0.29) is 11.9 Å². The van der Waals surface area contributed by atoms with Gasteiger partial charge in [0.1, 0.15) is 6.33 Å². The third-order valence-corrected chi connectivity index (χ3v) is 7.31. The van der Waals surface area contributed by atoms with Crippen molar-refractivity contribution in [1.82, 2.24) is 24.7 Å². The summed E-state index contributed by atoms with van der Waals surface area (Å²) in [6.07, 6.45) is 5.17. The Morgan fingerprint density at radius 3 is 2.48 bits per heavy atom. The van der Waals surface area contributed by atoms with Crippen LogP contribution in [0.1, 0.15) is 53.0 Å². The van der Waals surface area contributed by atoms with Gasteiger partial charge < -0.3 is 9.64 Å². The second kappa shape index (κ2) is 10.7. The molecule has 178 valence electrons. The van der Waals surface area contributed by atoms with Gasteiger partial charge in [-0.2, -0.15) is 0 Å². The highest BCUT2D eigenvalue weighted by Gasteiger charge is 2.35. The van der Waals surface area contributed by atoms with Gasteiger partial charge in [0.25, 0.3) is 5.91 Å². The van der Waals surface area contributed by atoms with E-state index in [1.165, 1.54) is 17.5 Å². The van der Waals surface area contributed by atoms with E-state index >= 15 is 0 Å². The first-order chi connectivity index (χ1) is 16.0. The first kappa shape index (κ1) is 23.8. The molecule has 4 rings (SSSR count). The summed E-state index contributed by atoms with van der Waals surface area (Å²) in [6.45, 7) is 11.8. The molecule has 2 saturated heterocycles. The van der Waals surface area contributed by atoms with Crippen LogP contribution in [0, 0.1) is 13.8 Å². The number of carbonyl (C=O) groups is 1. The summed E-state index contributed by atoms with van der Waals surface area (Å²) in [5, 5.41) is 0. The second-order valence-corrected chi connectivity index (χ2v) is 9.51. The second-order valence-electron chi connectivity index (χ2n) is 9.51. The van der Waals surface area contributed by atoms with E-state index in [0.29, 0.717) is 24.3 Å². The molecule has 0 aliphatic carbocycles. The predicted octanol–water partition coefficient (Wildman–Crippen LogP) is 3.09. The highest BCUT2D eigenvalue weighted by atomic mass is 16.5. The first-order valence-electron chi connectivity index (χ1n) is 12.1. The van der Waals surface area contributed by atoms with Crippen molar-refractivity contribution in [2.24, 2.45) is 0 Å². The molecular formula is C26H37N5O2. The number of likely N-dealkylation sites (tertiary alicyclic amines) is 1. The molecule has 0 spiro atoms. The number of hydrogen-bond acceptors (Lipinski definition) is 6. The fourth-order valence-electron chi connectivity index (χ4n) is 5.33. The topological polar surface area (TPSA) is 61.8 Å². The lowest BCUT2D eigenvalue weighted by atomic mass is 9.98. The highest BCUT2D eigenvalue weighted by Crippen LogP contribution is 2.28. The Morgan fingerprint density at radius 2 is 1.85 bits per heavy atom. The van der Waals surface area contributed by atoms with Crippen LogP contribution < -0.4 is 0 Å². The van der Waals surface area contributed by atoms with Crippen LogP contribution in [0.15, 0.2) is 36.8 Å². The fraction of sp³-hybridized carbons (Fsp3) is 0.577. The van der Waals surface area contributed by atoms with Gasteiger partial charge in [0, 0.05) is 58.1 Å². The minimum Gasteiger partial charge on any atom is -0.383 e. The van der Waals surface area contributed by atoms with Crippen molar-refractivity contribution in [3.05, 3.63) is 59.2 Å². The van der Waals surface area contributed by atoms with E-state index in [2.05, 4.69) is 57.9 Å². The molecule has 2 aromatic rings. The van der Waals surface area contributed by atoms with Crippen molar-refractivity contribution < 1.29 is 9.53 Å². The van der Waals surface area contributed by atoms with E-state index in [1.807, 2.05) is 11.8 Å². The summed E-state index contributed by atoms with van der Waals surface area (Å²) in [5.74, 6) is 0.0604. The molecule has 1 aromatic heterocycles. The maximum atomic E-state index is 12.9. The lowest BCUT2D eigenvalue weighted by molar-refractivity contribution is -0.00905. The van der Waals surface area contributed by atoms with E-state index in [4.69, 9.17) is 4.74 Å². The summed E-state index contributed by atoms with van der Waals surface area (Å²) < 4.78 is 5.61. The van der Waals surface area contributed by atoms with Crippen LogP contribution in [0.3, 0.4) is 0 Å². The van der Waals surface area contributed by atoms with Crippen molar-refractivity contribution >= 4 is 5.91 Å². The number of methoxy groups -OCH3 is 1. The minimum atomic E-state index is 0.0604. The molecule has 2 atom stereocenters. The van der Waals surface area contributed by atoms with E-state index in [0.717, 1.165) is 51.3 Å². The van der Waals surface area contributed by atoms with Gasteiger partial charge in [0.15, 0.2) is 0 Å². The van der Waals surface area contributed by atoms with Crippen molar-refractivity contribution in [1.29, 1.82) is 0 Å². The Hall–Kier alpha value is -2.35. The maximum Gasteiger partial charge on any atom is 0.257 e. The van der Waals surface area contributed by atoms with Gasteiger partial charge in [-0.25, -0.2) is 9.97 Å². The molecule has 2 fully saturated rings. The Labute approximate surface area is 197 Å². The van der Waals surface area contributed by atoms with Gasteiger partial charge in [-0.05, 0) is 39.2 Å². The van der Waals surface area contributed by atoms with Crippen LogP contribution in [0.25, 0.3) is 0 Å². The Kier molecular flexibility index (Phi) is 7.73. The number of ether oxygens (including phenoxy) is 1. The summed E-state index contributed by atoms with van der Waals surface area (Å²) in [6, 6.07) is 10.1. The number of aromatic nitrogens is 2. The number of benzene rings is 1. The summed E-state index contributed by atoms with van der Waals surface area (Å²) in [5.41, 5.74) is 3.99. The SMILES string of the molecule is COC[C@H](c1ccc(C)cc1)N1CCN(C2CCN(C(=O)c3cncnc3C)CC2)C[C@@H]1C. The molecule has 7 nitrogen and oxygen atoms in total. The van der Waals surface area contributed by atoms with Gasteiger partial charge in [0.05, 0.1) is 23.9 Å². The molecule has 0 saturated carbocycles. The lowest BCUT2D eigenvalue weighted by Crippen LogP contribution is -2.58. The first-order valence-corrected chi connectivity index (χ1v) is 12.1. The highest BCUT2D eigenvalue weighted by molar-refractivity contribution is 5.94. The molecule has 1 amide bonds. The molecule has 2 aliphatic heterocycles. The van der Waals surface area contributed by atoms with Crippen molar-refractivity contribution in [2.45, 2.75) is 51.7 Å². The number of amides is 1. The fourth-order valence-corrected chi connectivity index (χ4v) is 5.33. The number of nitrogens with zero attached hydrogens (tertiary/aromatic N) is 5. The molecule has 0 bridgehead atoms.